The van der Waals surface area contributed by atoms with Crippen molar-refractivity contribution in [3.05, 3.63) is 169 Å². The molecule has 8 aromatic carbocycles. The zero-order chi connectivity index (χ0) is 33.1. The molecule has 234 valence electrons. The van der Waals surface area contributed by atoms with Gasteiger partial charge < -0.3 is 9.13 Å². The lowest BCUT2D eigenvalue weighted by Gasteiger charge is -2.28. The van der Waals surface area contributed by atoms with Crippen LogP contribution in [0, 0.1) is 0 Å². The van der Waals surface area contributed by atoms with E-state index in [4.69, 9.17) is 0 Å². The van der Waals surface area contributed by atoms with Crippen molar-refractivity contribution in [1.82, 2.24) is 0 Å². The smallest absolute Gasteiger partial charge is 0.171 e. The Morgan fingerprint density at radius 1 is 0.396 bits per heavy atom. The molecule has 0 N–H and O–H groups in total. The van der Waals surface area contributed by atoms with Gasteiger partial charge in [-0.2, -0.15) is 0 Å². The Morgan fingerprint density at radius 3 is 1.04 bits per heavy atom. The predicted molar refractivity (Wildman–Crippen MR) is 208 cm³/mol. The SMILES string of the molecule is CC(C)(C)c1cc2ccc3c(P(=O)(c4ccccc4)c4ccccc4)cc(P(=O)(c4ccccc4)c4ccccc4)c4ccc(c1)c2c34. The molecule has 0 atom stereocenters. The van der Waals surface area contributed by atoms with E-state index in [1.807, 2.05) is 127 Å². The summed E-state index contributed by atoms with van der Waals surface area (Å²) in [4.78, 5) is 0. The van der Waals surface area contributed by atoms with E-state index in [0.717, 1.165) is 53.5 Å². The van der Waals surface area contributed by atoms with Crippen LogP contribution >= 0.6 is 14.3 Å². The summed E-state index contributed by atoms with van der Waals surface area (Å²) in [7, 11) is -6.94. The van der Waals surface area contributed by atoms with Crippen LogP contribution in [-0.4, -0.2) is 0 Å². The highest BCUT2D eigenvalue weighted by atomic mass is 31.2. The van der Waals surface area contributed by atoms with E-state index >= 15 is 9.13 Å². The van der Waals surface area contributed by atoms with Crippen molar-refractivity contribution in [3.8, 4) is 0 Å². The molecule has 0 amide bonds. The standard InChI is InChI=1S/C44H36O2P2/c1-44(2,3)33-28-31-24-26-38-40(47(45,34-16-8-4-9-17-34)35-18-10-5-11-19-35)30-41(39-27-25-32(29-33)42(31)43(38)39)48(46,36-20-12-6-13-21-36)37-22-14-7-15-23-37/h4-30H,1-3H3. The zero-order valence-corrected chi connectivity index (χ0v) is 29.1. The Labute approximate surface area is 282 Å². The molecule has 0 fully saturated rings. The minimum Gasteiger partial charge on any atom is -0.309 e. The fourth-order valence-electron chi connectivity index (χ4n) is 7.24. The maximum absolute atomic E-state index is 16.2. The van der Waals surface area contributed by atoms with Crippen LogP contribution in [0.2, 0.25) is 0 Å². The molecule has 0 aromatic heterocycles. The summed E-state index contributed by atoms with van der Waals surface area (Å²) in [5, 5.41) is 10.7. The van der Waals surface area contributed by atoms with Gasteiger partial charge in [0.05, 0.1) is 0 Å². The van der Waals surface area contributed by atoms with Gasteiger partial charge in [-0.05, 0) is 49.4 Å². The molecule has 8 rings (SSSR count). The summed E-state index contributed by atoms with van der Waals surface area (Å²) < 4.78 is 32.4. The molecule has 2 nitrogen and oxygen atoms in total. The molecule has 0 aliphatic rings. The van der Waals surface area contributed by atoms with Gasteiger partial charge in [-0.15, -0.1) is 0 Å². The Balaban J connectivity index is 1.60. The van der Waals surface area contributed by atoms with Gasteiger partial charge in [0.1, 0.15) is 0 Å². The summed E-state index contributed by atoms with van der Waals surface area (Å²) >= 11 is 0. The third kappa shape index (κ3) is 4.70. The largest absolute Gasteiger partial charge is 0.309 e. The monoisotopic (exact) mass is 658 g/mol. The van der Waals surface area contributed by atoms with Crippen LogP contribution < -0.4 is 31.8 Å². The number of benzene rings is 8. The molecule has 0 saturated carbocycles. The topological polar surface area (TPSA) is 34.1 Å². The molecule has 0 spiro atoms. The highest BCUT2D eigenvalue weighted by molar-refractivity contribution is 7.87. The zero-order valence-electron chi connectivity index (χ0n) is 27.3. The average Bonchev–Trinajstić information content (AvgIpc) is 3.14. The number of rotatable bonds is 6. The Bertz CT molecular complexity index is 2270. The van der Waals surface area contributed by atoms with Crippen LogP contribution in [0.3, 0.4) is 0 Å². The highest BCUT2D eigenvalue weighted by Gasteiger charge is 2.38. The van der Waals surface area contributed by atoms with Crippen LogP contribution in [-0.2, 0) is 14.5 Å². The second-order valence-electron chi connectivity index (χ2n) is 13.6. The lowest BCUT2D eigenvalue weighted by Crippen LogP contribution is -2.31. The first-order valence-corrected chi connectivity index (χ1v) is 19.8. The second-order valence-corrected chi connectivity index (χ2v) is 19.1. The molecule has 48 heavy (non-hydrogen) atoms. The highest BCUT2D eigenvalue weighted by Crippen LogP contribution is 2.51. The van der Waals surface area contributed by atoms with E-state index in [9.17, 15) is 0 Å². The number of hydrogen-bond acceptors (Lipinski definition) is 2. The van der Waals surface area contributed by atoms with Crippen LogP contribution in [0.5, 0.6) is 0 Å². The summed E-state index contributed by atoms with van der Waals surface area (Å²) in [6.45, 7) is 6.71. The van der Waals surface area contributed by atoms with Gasteiger partial charge in [-0.25, -0.2) is 0 Å². The molecule has 0 bridgehead atoms. The fourth-order valence-corrected chi connectivity index (χ4v) is 13.1. The molecule has 0 unspecified atom stereocenters. The third-order valence-corrected chi connectivity index (χ3v) is 15.9. The Kier molecular flexibility index (Phi) is 7.30. The van der Waals surface area contributed by atoms with E-state index in [1.54, 1.807) is 0 Å². The van der Waals surface area contributed by atoms with Crippen LogP contribution in [0.15, 0.2) is 164 Å². The van der Waals surface area contributed by atoms with Gasteiger partial charge in [0.25, 0.3) is 0 Å². The predicted octanol–water partition coefficient (Wildman–Crippen LogP) is 9.16. The lowest BCUT2D eigenvalue weighted by molar-refractivity contribution is 0.591. The molecule has 0 aliphatic carbocycles. The average molecular weight is 659 g/mol. The van der Waals surface area contributed by atoms with Gasteiger partial charge in [-0.1, -0.05) is 178 Å². The van der Waals surface area contributed by atoms with Crippen LogP contribution in [0.4, 0.5) is 0 Å². The summed E-state index contributed by atoms with van der Waals surface area (Å²) in [6.07, 6.45) is 0. The van der Waals surface area contributed by atoms with Crippen molar-refractivity contribution in [2.24, 2.45) is 0 Å². The third-order valence-electron chi connectivity index (χ3n) is 9.70. The summed E-state index contributed by atoms with van der Waals surface area (Å²) in [6, 6.07) is 54.4. The van der Waals surface area contributed by atoms with Gasteiger partial charge in [0, 0.05) is 31.8 Å². The molecule has 0 heterocycles. The van der Waals surface area contributed by atoms with E-state index in [0.29, 0.717) is 10.6 Å². The van der Waals surface area contributed by atoms with Gasteiger partial charge in [0.2, 0.25) is 0 Å². The maximum atomic E-state index is 16.2. The Hall–Kier alpha value is -4.74. The Morgan fingerprint density at radius 2 is 0.729 bits per heavy atom. The fraction of sp³-hybridized carbons (Fsp3) is 0.0909. The van der Waals surface area contributed by atoms with Crippen molar-refractivity contribution in [1.29, 1.82) is 0 Å². The van der Waals surface area contributed by atoms with E-state index < -0.39 is 14.3 Å². The molecule has 0 radical (unpaired) electrons. The molecule has 0 aliphatic heterocycles. The van der Waals surface area contributed by atoms with Crippen molar-refractivity contribution in [2.45, 2.75) is 26.2 Å². The van der Waals surface area contributed by atoms with Crippen molar-refractivity contribution < 1.29 is 9.13 Å². The normalized spacial score (nSPS) is 12.6. The summed E-state index contributed by atoms with van der Waals surface area (Å²) in [5.74, 6) is 0. The van der Waals surface area contributed by atoms with Gasteiger partial charge in [0.15, 0.2) is 14.3 Å². The maximum Gasteiger partial charge on any atom is 0.171 e. The molecular weight excluding hydrogens is 622 g/mol. The minimum atomic E-state index is -3.47. The first-order valence-electron chi connectivity index (χ1n) is 16.4. The quantitative estimate of drug-likeness (QED) is 0.132. The molecule has 8 aromatic rings. The van der Waals surface area contributed by atoms with Crippen LogP contribution in [0.1, 0.15) is 26.3 Å². The minimum absolute atomic E-state index is 0.0343. The van der Waals surface area contributed by atoms with Gasteiger partial charge in [-0.3, -0.25) is 0 Å². The van der Waals surface area contributed by atoms with Crippen molar-refractivity contribution in [2.75, 3.05) is 0 Å². The molecular formula is C44H36O2P2. The summed E-state index contributed by atoms with van der Waals surface area (Å²) in [5.41, 5.74) is 1.22. The number of hydrogen-bond donors (Lipinski definition) is 0. The second kappa shape index (κ2) is 11.5. The lowest BCUT2D eigenvalue weighted by atomic mass is 9.83. The molecule has 0 saturated heterocycles. The molecule has 4 heteroatoms. The first-order chi connectivity index (χ1) is 23.2. The van der Waals surface area contributed by atoms with Crippen LogP contribution in [0.25, 0.3) is 32.3 Å². The van der Waals surface area contributed by atoms with E-state index in [1.165, 1.54) is 5.56 Å². The van der Waals surface area contributed by atoms with Crippen molar-refractivity contribution in [3.63, 3.8) is 0 Å². The van der Waals surface area contributed by atoms with E-state index in [2.05, 4.69) is 57.2 Å². The van der Waals surface area contributed by atoms with E-state index in [-0.39, 0.29) is 5.41 Å². The van der Waals surface area contributed by atoms with Gasteiger partial charge >= 0.3 is 0 Å². The first kappa shape index (κ1) is 30.6. The van der Waals surface area contributed by atoms with Crippen molar-refractivity contribution >= 4 is 78.4 Å².